The van der Waals surface area contributed by atoms with Crippen LogP contribution in [0.4, 0.5) is 0 Å². The molecular formula is C16H28NO5P. The van der Waals surface area contributed by atoms with Crippen molar-refractivity contribution in [2.24, 2.45) is 0 Å². The van der Waals surface area contributed by atoms with Crippen LogP contribution in [0.25, 0.3) is 0 Å². The predicted octanol–water partition coefficient (Wildman–Crippen LogP) is 2.15. The van der Waals surface area contributed by atoms with Gasteiger partial charge in [-0.05, 0) is 32.8 Å². The van der Waals surface area contributed by atoms with Crippen LogP contribution in [-0.4, -0.2) is 47.7 Å². The summed E-state index contributed by atoms with van der Waals surface area (Å²) in [5, 5.41) is 13.3. The zero-order valence-electron chi connectivity index (χ0n) is 14.1. The van der Waals surface area contributed by atoms with Gasteiger partial charge in [0.1, 0.15) is 5.72 Å². The summed E-state index contributed by atoms with van der Waals surface area (Å²) in [6.07, 6.45) is 0.368. The van der Waals surface area contributed by atoms with Gasteiger partial charge in [0.25, 0.3) is 7.37 Å². The summed E-state index contributed by atoms with van der Waals surface area (Å²) in [6, 6.07) is 8.62. The maximum atomic E-state index is 12.4. The van der Waals surface area contributed by atoms with E-state index in [4.69, 9.17) is 9.47 Å². The second kappa shape index (κ2) is 9.52. The molecule has 1 rings (SSSR count). The highest BCUT2D eigenvalue weighted by molar-refractivity contribution is 7.58. The number of nitrogens with one attached hydrogen (secondary N) is 1. The molecule has 0 aromatic heterocycles. The Morgan fingerprint density at radius 1 is 1.22 bits per heavy atom. The Bertz CT molecular complexity index is 489. The van der Waals surface area contributed by atoms with E-state index in [1.54, 1.807) is 13.8 Å². The SMILES string of the molecule is CCOC(OCC)P(=O)(O)C[C@](C)(O)NCCc1ccccc1. The molecule has 0 fully saturated rings. The van der Waals surface area contributed by atoms with Crippen LogP contribution in [0, 0.1) is 0 Å². The molecule has 3 N–H and O–H groups in total. The number of benzene rings is 1. The fourth-order valence-electron chi connectivity index (χ4n) is 2.26. The van der Waals surface area contributed by atoms with Gasteiger partial charge in [-0.3, -0.25) is 9.88 Å². The Hall–Kier alpha value is -0.750. The van der Waals surface area contributed by atoms with Gasteiger partial charge in [0.15, 0.2) is 0 Å². The Labute approximate surface area is 138 Å². The number of hydrogen-bond donors (Lipinski definition) is 3. The van der Waals surface area contributed by atoms with Crippen LogP contribution >= 0.6 is 7.37 Å². The summed E-state index contributed by atoms with van der Waals surface area (Å²) in [4.78, 5) is 10.2. The van der Waals surface area contributed by atoms with Gasteiger partial charge >= 0.3 is 0 Å². The lowest BCUT2D eigenvalue weighted by atomic mass is 10.1. The van der Waals surface area contributed by atoms with Crippen molar-refractivity contribution >= 4 is 7.37 Å². The highest BCUT2D eigenvalue weighted by Gasteiger charge is 2.39. The smallest absolute Gasteiger partial charge is 0.259 e. The third-order valence-corrected chi connectivity index (χ3v) is 5.27. The normalized spacial score (nSPS) is 17.0. The molecule has 7 heteroatoms. The van der Waals surface area contributed by atoms with Crippen molar-refractivity contribution in [2.45, 2.75) is 38.9 Å². The topological polar surface area (TPSA) is 88.0 Å². The summed E-state index contributed by atoms with van der Waals surface area (Å²) in [5.74, 6) is 0. The van der Waals surface area contributed by atoms with E-state index in [0.717, 1.165) is 5.56 Å². The quantitative estimate of drug-likeness (QED) is 0.421. The first-order valence-corrected chi connectivity index (χ1v) is 9.78. The maximum Gasteiger partial charge on any atom is 0.259 e. The molecule has 1 aromatic rings. The minimum Gasteiger partial charge on any atom is -0.376 e. The first-order chi connectivity index (χ1) is 10.8. The monoisotopic (exact) mass is 345 g/mol. The highest BCUT2D eigenvalue weighted by Crippen LogP contribution is 2.49. The number of rotatable bonds is 11. The molecule has 0 aliphatic heterocycles. The predicted molar refractivity (Wildman–Crippen MR) is 90.5 cm³/mol. The molecule has 0 aliphatic rings. The molecule has 0 heterocycles. The van der Waals surface area contributed by atoms with E-state index in [9.17, 15) is 14.6 Å². The molecule has 132 valence electrons. The second-order valence-corrected chi connectivity index (χ2v) is 7.82. The van der Waals surface area contributed by atoms with Crippen molar-refractivity contribution in [3.05, 3.63) is 35.9 Å². The Morgan fingerprint density at radius 2 is 1.78 bits per heavy atom. The van der Waals surface area contributed by atoms with Gasteiger partial charge < -0.3 is 19.5 Å². The molecule has 2 atom stereocenters. The molecule has 0 amide bonds. The minimum absolute atomic E-state index is 0.263. The Morgan fingerprint density at radius 3 is 2.30 bits per heavy atom. The summed E-state index contributed by atoms with van der Waals surface area (Å²) in [5.41, 5.74) is -0.351. The van der Waals surface area contributed by atoms with Crippen LogP contribution in [0.2, 0.25) is 0 Å². The fraction of sp³-hybridized carbons (Fsp3) is 0.625. The van der Waals surface area contributed by atoms with Gasteiger partial charge in [-0.15, -0.1) is 0 Å². The lowest BCUT2D eigenvalue weighted by Gasteiger charge is -2.30. The molecule has 6 nitrogen and oxygen atoms in total. The molecule has 0 saturated heterocycles. The van der Waals surface area contributed by atoms with E-state index in [1.807, 2.05) is 30.3 Å². The summed E-state index contributed by atoms with van der Waals surface area (Å²) in [7, 11) is -3.83. The van der Waals surface area contributed by atoms with Crippen LogP contribution in [-0.2, 0) is 20.5 Å². The summed E-state index contributed by atoms with van der Waals surface area (Å²) < 4.78 is 22.8. The van der Waals surface area contributed by atoms with Gasteiger partial charge in [0.05, 0.1) is 6.16 Å². The van der Waals surface area contributed by atoms with Crippen molar-refractivity contribution in [1.29, 1.82) is 0 Å². The number of ether oxygens (including phenoxy) is 2. The number of hydrogen-bond acceptors (Lipinski definition) is 5. The molecule has 1 aromatic carbocycles. The lowest BCUT2D eigenvalue weighted by Crippen LogP contribution is -2.47. The van der Waals surface area contributed by atoms with Gasteiger partial charge in [-0.1, -0.05) is 30.3 Å². The van der Waals surface area contributed by atoms with Crippen molar-refractivity contribution in [1.82, 2.24) is 5.32 Å². The van der Waals surface area contributed by atoms with E-state index in [2.05, 4.69) is 5.32 Å². The van der Waals surface area contributed by atoms with Crippen LogP contribution < -0.4 is 5.32 Å². The van der Waals surface area contributed by atoms with Gasteiger partial charge in [-0.2, -0.15) is 0 Å². The van der Waals surface area contributed by atoms with E-state index >= 15 is 0 Å². The molecular weight excluding hydrogens is 317 g/mol. The standard InChI is InChI=1S/C16H28NO5P/c1-4-21-15(22-5-2)23(19,20)13-16(3,18)17-12-11-14-9-7-6-8-10-14/h6-10,15,17-18H,4-5,11-13H2,1-3H3,(H,19,20)/t16-/m0/s1. The lowest BCUT2D eigenvalue weighted by molar-refractivity contribution is -0.0889. The maximum absolute atomic E-state index is 12.4. The first kappa shape index (κ1) is 20.3. The minimum atomic E-state index is -3.83. The van der Waals surface area contributed by atoms with Gasteiger partial charge in [-0.25, -0.2) is 0 Å². The molecule has 0 bridgehead atoms. The van der Waals surface area contributed by atoms with E-state index < -0.39 is 19.1 Å². The van der Waals surface area contributed by atoms with Gasteiger partial charge in [0.2, 0.25) is 6.03 Å². The van der Waals surface area contributed by atoms with Crippen LogP contribution in [0.5, 0.6) is 0 Å². The van der Waals surface area contributed by atoms with Crippen LogP contribution in [0.1, 0.15) is 26.3 Å². The summed E-state index contributed by atoms with van der Waals surface area (Å²) >= 11 is 0. The zero-order chi connectivity index (χ0) is 17.3. The van der Waals surface area contributed by atoms with E-state index in [1.165, 1.54) is 6.92 Å². The third kappa shape index (κ3) is 7.57. The Kier molecular flexibility index (Phi) is 8.40. The Balaban J connectivity index is 2.55. The molecule has 0 radical (unpaired) electrons. The molecule has 0 saturated carbocycles. The molecule has 1 unspecified atom stereocenters. The van der Waals surface area contributed by atoms with E-state index in [0.29, 0.717) is 13.0 Å². The molecule has 0 spiro atoms. The van der Waals surface area contributed by atoms with Crippen molar-refractivity contribution in [2.75, 3.05) is 25.9 Å². The third-order valence-electron chi connectivity index (χ3n) is 3.24. The first-order valence-electron chi connectivity index (χ1n) is 7.86. The number of aliphatic hydroxyl groups is 1. The van der Waals surface area contributed by atoms with Crippen LogP contribution in [0.15, 0.2) is 30.3 Å². The van der Waals surface area contributed by atoms with Gasteiger partial charge in [0, 0.05) is 19.8 Å². The molecule has 0 aliphatic carbocycles. The zero-order valence-corrected chi connectivity index (χ0v) is 15.0. The van der Waals surface area contributed by atoms with E-state index in [-0.39, 0.29) is 19.4 Å². The second-order valence-electron chi connectivity index (χ2n) is 5.57. The average molecular weight is 345 g/mol. The molecule has 23 heavy (non-hydrogen) atoms. The highest BCUT2D eigenvalue weighted by atomic mass is 31.2. The van der Waals surface area contributed by atoms with Crippen molar-refractivity contribution in [3.8, 4) is 0 Å². The fourth-order valence-corrected chi connectivity index (χ4v) is 4.17. The van der Waals surface area contributed by atoms with Crippen molar-refractivity contribution < 1.29 is 24.0 Å². The average Bonchev–Trinajstić information content (AvgIpc) is 2.47. The van der Waals surface area contributed by atoms with Crippen molar-refractivity contribution in [3.63, 3.8) is 0 Å². The van der Waals surface area contributed by atoms with Crippen LogP contribution in [0.3, 0.4) is 0 Å². The largest absolute Gasteiger partial charge is 0.376 e. The summed E-state index contributed by atoms with van der Waals surface area (Å²) in [6.45, 7) is 5.95.